The fourth-order valence-corrected chi connectivity index (χ4v) is 4.27. The van der Waals surface area contributed by atoms with E-state index in [9.17, 15) is 10.2 Å². The molecule has 2 N–H and O–H groups in total. The van der Waals surface area contributed by atoms with Gasteiger partial charge in [-0.25, -0.2) is 0 Å². The number of allylic oxidation sites excluding steroid dienone is 1. The first-order valence-electron chi connectivity index (χ1n) is 7.19. The maximum absolute atomic E-state index is 10.7. The lowest BCUT2D eigenvalue weighted by Crippen LogP contribution is -2.23. The highest BCUT2D eigenvalue weighted by Gasteiger charge is 2.32. The predicted octanol–water partition coefficient (Wildman–Crippen LogP) is 3.79. The summed E-state index contributed by atoms with van der Waals surface area (Å²) in [5.41, 5.74) is 0.485. The Labute approximate surface area is 133 Å². The maximum Gasteiger partial charge on any atom is 0.211 e. The maximum atomic E-state index is 10.7. The first-order valence-corrected chi connectivity index (χ1v) is 10.7. The molecule has 0 unspecified atom stereocenters. The van der Waals surface area contributed by atoms with Gasteiger partial charge in [0.25, 0.3) is 0 Å². The molecule has 0 saturated heterocycles. The third kappa shape index (κ3) is 3.16. The second-order valence-electron chi connectivity index (χ2n) is 5.95. The van der Waals surface area contributed by atoms with E-state index in [0.29, 0.717) is 5.56 Å². The van der Waals surface area contributed by atoms with Gasteiger partial charge < -0.3 is 24.4 Å². The van der Waals surface area contributed by atoms with Crippen LogP contribution in [-0.2, 0) is 0 Å². The molecular weight excluding hydrogens is 300 g/mol. The molecule has 0 saturated carbocycles. The van der Waals surface area contributed by atoms with Crippen LogP contribution in [-0.4, -0.2) is 39.6 Å². The van der Waals surface area contributed by atoms with E-state index in [4.69, 9.17) is 14.2 Å². The molecule has 0 fully saturated rings. The molecule has 124 valence electrons. The van der Waals surface area contributed by atoms with Gasteiger partial charge in [-0.3, -0.25) is 0 Å². The van der Waals surface area contributed by atoms with Crippen molar-refractivity contribution in [2.75, 3.05) is 21.3 Å². The Kier molecular flexibility index (Phi) is 5.76. The number of benzene rings is 1. The molecule has 0 radical (unpaired) electrons. The van der Waals surface area contributed by atoms with Crippen molar-refractivity contribution in [2.24, 2.45) is 0 Å². The zero-order chi connectivity index (χ0) is 17.1. The predicted molar refractivity (Wildman–Crippen MR) is 91.0 cm³/mol. The van der Waals surface area contributed by atoms with E-state index >= 15 is 0 Å². The summed E-state index contributed by atoms with van der Waals surface area (Å²) in [6.07, 6.45) is 2.88. The van der Waals surface area contributed by atoms with Gasteiger partial charge in [-0.1, -0.05) is 32.6 Å². The van der Waals surface area contributed by atoms with Gasteiger partial charge in [0, 0.05) is 0 Å². The van der Waals surface area contributed by atoms with Crippen molar-refractivity contribution in [3.63, 3.8) is 0 Å². The van der Waals surface area contributed by atoms with Crippen LogP contribution in [0.3, 0.4) is 0 Å². The van der Waals surface area contributed by atoms with Crippen LogP contribution in [0.25, 0.3) is 5.20 Å². The Morgan fingerprint density at radius 2 is 1.36 bits per heavy atom. The van der Waals surface area contributed by atoms with Crippen molar-refractivity contribution < 1.29 is 24.4 Å². The van der Waals surface area contributed by atoms with Gasteiger partial charge in [-0.05, 0) is 11.6 Å². The molecule has 0 amide bonds. The van der Waals surface area contributed by atoms with E-state index in [2.05, 4.69) is 25.7 Å². The Morgan fingerprint density at radius 3 is 1.73 bits per heavy atom. The minimum absolute atomic E-state index is 0.0621. The molecule has 1 aromatic rings. The highest BCUT2D eigenvalue weighted by Crippen LogP contribution is 2.55. The number of aromatic hydroxyl groups is 2. The van der Waals surface area contributed by atoms with Crippen LogP contribution in [0.5, 0.6) is 28.7 Å². The van der Waals surface area contributed by atoms with E-state index in [1.54, 1.807) is 0 Å². The number of rotatable bonds is 6. The smallest absolute Gasteiger partial charge is 0.211 e. The lowest BCUT2D eigenvalue weighted by atomic mass is 10.1. The first kappa shape index (κ1) is 18.2. The molecule has 0 aliphatic carbocycles. The Morgan fingerprint density at radius 1 is 0.909 bits per heavy atom. The summed E-state index contributed by atoms with van der Waals surface area (Å²) in [6.45, 7) is 8.54. The van der Waals surface area contributed by atoms with Crippen molar-refractivity contribution in [3.8, 4) is 28.7 Å². The summed E-state index contributed by atoms with van der Waals surface area (Å²) >= 11 is 0. The Hall–Kier alpha value is -1.82. The zero-order valence-corrected chi connectivity index (χ0v) is 15.4. The van der Waals surface area contributed by atoms with Crippen molar-refractivity contribution in [3.05, 3.63) is 11.6 Å². The van der Waals surface area contributed by atoms with E-state index < -0.39 is 8.07 Å². The van der Waals surface area contributed by atoms with Crippen LogP contribution in [0.15, 0.2) is 6.08 Å². The molecule has 1 aromatic carbocycles. The molecular formula is C16H26O5Si. The number of phenols is 2. The third-order valence-electron chi connectivity index (χ3n) is 3.41. The summed E-state index contributed by atoms with van der Waals surface area (Å²) in [4.78, 5) is 0. The van der Waals surface area contributed by atoms with Crippen molar-refractivity contribution in [2.45, 2.75) is 33.0 Å². The molecule has 0 spiro atoms. The van der Waals surface area contributed by atoms with Gasteiger partial charge in [-0.15, -0.1) is 0 Å². The monoisotopic (exact) mass is 326 g/mol. The lowest BCUT2D eigenvalue weighted by molar-refractivity contribution is 0.301. The second-order valence-corrected chi connectivity index (χ2v) is 11.0. The van der Waals surface area contributed by atoms with Crippen LogP contribution < -0.4 is 14.2 Å². The molecule has 0 aromatic heterocycles. The SMILES string of the molecule is CC/C=C(/c1c(O)c(OC)c(OC)c(O)c1OC)[Si](C)(C)C. The second kappa shape index (κ2) is 6.96. The van der Waals surface area contributed by atoms with Crippen LogP contribution in [0.2, 0.25) is 19.6 Å². The van der Waals surface area contributed by atoms with E-state index in [0.717, 1.165) is 11.6 Å². The molecule has 0 bridgehead atoms. The van der Waals surface area contributed by atoms with Gasteiger partial charge in [0.2, 0.25) is 17.2 Å². The quantitative estimate of drug-likeness (QED) is 0.615. The number of methoxy groups -OCH3 is 3. The largest absolute Gasteiger partial charge is 0.504 e. The minimum atomic E-state index is -1.80. The fraction of sp³-hybridized carbons (Fsp3) is 0.500. The average Bonchev–Trinajstić information content (AvgIpc) is 2.45. The minimum Gasteiger partial charge on any atom is -0.504 e. The highest BCUT2D eigenvalue weighted by atomic mass is 28.3. The molecule has 22 heavy (non-hydrogen) atoms. The standard InChI is InChI=1S/C16H26O5Si/c1-8-9-10(22(5,6)7)11-12(17)15(20-3)16(21-4)13(18)14(11)19-2/h9,17-18H,8H2,1-7H3/b10-9-. The van der Waals surface area contributed by atoms with Gasteiger partial charge in [0.1, 0.15) is 0 Å². The molecule has 1 rings (SSSR count). The number of phenolic OH excluding ortho intramolecular Hbond substituents is 2. The summed E-state index contributed by atoms with van der Waals surface area (Å²) < 4.78 is 15.7. The first-order chi connectivity index (χ1) is 10.2. The number of hydrogen-bond acceptors (Lipinski definition) is 5. The van der Waals surface area contributed by atoms with Crippen LogP contribution >= 0.6 is 0 Å². The van der Waals surface area contributed by atoms with E-state index in [-0.39, 0.29) is 28.7 Å². The summed E-state index contributed by atoms with van der Waals surface area (Å²) in [5, 5.41) is 22.1. The van der Waals surface area contributed by atoms with Crippen molar-refractivity contribution in [1.29, 1.82) is 0 Å². The normalized spacial score (nSPS) is 12.2. The topological polar surface area (TPSA) is 68.2 Å². The summed E-state index contributed by atoms with van der Waals surface area (Å²) in [7, 11) is 2.48. The lowest BCUT2D eigenvalue weighted by Gasteiger charge is -2.26. The summed E-state index contributed by atoms with van der Waals surface area (Å²) in [5.74, 6) is 0.131. The van der Waals surface area contributed by atoms with Crippen LogP contribution in [0.4, 0.5) is 0 Å². The van der Waals surface area contributed by atoms with Crippen LogP contribution in [0.1, 0.15) is 18.9 Å². The molecule has 0 aliphatic rings. The van der Waals surface area contributed by atoms with Gasteiger partial charge in [0.05, 0.1) is 35.0 Å². The molecule has 0 heterocycles. The Balaban J connectivity index is 3.87. The average molecular weight is 326 g/mol. The molecule has 0 atom stereocenters. The van der Waals surface area contributed by atoms with Crippen molar-refractivity contribution in [1.82, 2.24) is 0 Å². The zero-order valence-electron chi connectivity index (χ0n) is 14.4. The Bertz CT molecular complexity index is 573. The van der Waals surface area contributed by atoms with E-state index in [1.807, 2.05) is 6.92 Å². The van der Waals surface area contributed by atoms with Gasteiger partial charge in [-0.2, -0.15) is 0 Å². The fourth-order valence-electron chi connectivity index (χ4n) is 2.47. The van der Waals surface area contributed by atoms with Gasteiger partial charge in [0.15, 0.2) is 11.5 Å². The number of hydrogen-bond donors (Lipinski definition) is 2. The van der Waals surface area contributed by atoms with Crippen LogP contribution in [0, 0.1) is 0 Å². The third-order valence-corrected chi connectivity index (χ3v) is 5.48. The molecule has 6 heteroatoms. The van der Waals surface area contributed by atoms with Crippen molar-refractivity contribution >= 4 is 13.3 Å². The van der Waals surface area contributed by atoms with Gasteiger partial charge >= 0.3 is 0 Å². The highest BCUT2D eigenvalue weighted by molar-refractivity contribution is 6.93. The number of ether oxygens (including phenoxy) is 3. The van der Waals surface area contributed by atoms with E-state index in [1.165, 1.54) is 21.3 Å². The molecule has 5 nitrogen and oxygen atoms in total. The summed E-state index contributed by atoms with van der Waals surface area (Å²) in [6, 6.07) is 0. The molecule has 0 aliphatic heterocycles.